The Morgan fingerprint density at radius 2 is 1.70 bits per heavy atom. The van der Waals surface area contributed by atoms with E-state index in [4.69, 9.17) is 0 Å². The summed E-state index contributed by atoms with van der Waals surface area (Å²) < 4.78 is 54.5. The summed E-state index contributed by atoms with van der Waals surface area (Å²) in [5.41, 5.74) is 0.771. The van der Waals surface area contributed by atoms with Gasteiger partial charge in [-0.3, -0.25) is 9.59 Å². The fourth-order valence-electron chi connectivity index (χ4n) is 5.00. The molecule has 2 bridgehead atoms. The van der Waals surface area contributed by atoms with Crippen molar-refractivity contribution in [3.8, 4) is 0 Å². The Morgan fingerprint density at radius 1 is 1.03 bits per heavy atom. The summed E-state index contributed by atoms with van der Waals surface area (Å²) in [4.78, 5) is 27.7. The van der Waals surface area contributed by atoms with E-state index < -0.39 is 29.7 Å². The molecule has 0 aromatic heterocycles. The molecule has 3 aliphatic rings. The molecular weight excluding hydrogens is 436 g/mol. The van der Waals surface area contributed by atoms with Crippen molar-refractivity contribution in [3.63, 3.8) is 0 Å². The van der Waals surface area contributed by atoms with Crippen LogP contribution in [0.15, 0.2) is 48.5 Å². The van der Waals surface area contributed by atoms with Gasteiger partial charge in [-0.25, -0.2) is 4.39 Å². The highest BCUT2D eigenvalue weighted by molar-refractivity contribution is 6.10. The molecular formula is C25H26F4N2O2. The van der Waals surface area contributed by atoms with Gasteiger partial charge in [0.15, 0.2) is 5.78 Å². The largest absolute Gasteiger partial charge is 0.408 e. The number of hydrogen-bond donors (Lipinski definition) is 1. The van der Waals surface area contributed by atoms with Gasteiger partial charge in [0, 0.05) is 17.7 Å². The quantitative estimate of drug-likeness (QED) is 0.491. The molecule has 3 fully saturated rings. The molecule has 1 amide bonds. The topological polar surface area (TPSA) is 49.4 Å². The highest BCUT2D eigenvalue weighted by Gasteiger charge is 2.45. The molecule has 0 aliphatic carbocycles. The molecule has 2 aromatic rings. The van der Waals surface area contributed by atoms with Crippen molar-refractivity contribution in [3.05, 3.63) is 71.0 Å². The molecule has 8 heteroatoms. The second-order valence-corrected chi connectivity index (χ2v) is 8.97. The lowest BCUT2D eigenvalue weighted by Crippen LogP contribution is -2.53. The summed E-state index contributed by atoms with van der Waals surface area (Å²) >= 11 is 0. The van der Waals surface area contributed by atoms with Gasteiger partial charge < -0.3 is 10.2 Å². The minimum absolute atomic E-state index is 0.0910. The number of halogens is 4. The molecule has 176 valence electrons. The van der Waals surface area contributed by atoms with Crippen LogP contribution in [0.1, 0.15) is 40.7 Å². The highest BCUT2D eigenvalue weighted by atomic mass is 19.4. The lowest BCUT2D eigenvalue weighted by molar-refractivity contribution is -0.167. The summed E-state index contributed by atoms with van der Waals surface area (Å²) in [7, 11) is 0. The van der Waals surface area contributed by atoms with Crippen LogP contribution in [0.25, 0.3) is 0 Å². The van der Waals surface area contributed by atoms with Crippen molar-refractivity contribution in [2.24, 2.45) is 11.8 Å². The Morgan fingerprint density at radius 3 is 2.30 bits per heavy atom. The van der Waals surface area contributed by atoms with E-state index in [2.05, 4.69) is 10.2 Å². The predicted molar refractivity (Wildman–Crippen MR) is 115 cm³/mol. The van der Waals surface area contributed by atoms with E-state index in [-0.39, 0.29) is 35.8 Å². The van der Waals surface area contributed by atoms with Gasteiger partial charge in [0.05, 0.1) is 6.42 Å². The van der Waals surface area contributed by atoms with Crippen LogP contribution in [0.4, 0.5) is 17.6 Å². The Labute approximate surface area is 190 Å². The van der Waals surface area contributed by atoms with Crippen molar-refractivity contribution in [2.75, 3.05) is 19.6 Å². The highest BCUT2D eigenvalue weighted by Crippen LogP contribution is 2.37. The van der Waals surface area contributed by atoms with E-state index >= 15 is 0 Å². The molecule has 0 spiro atoms. The van der Waals surface area contributed by atoms with Gasteiger partial charge in [-0.05, 0) is 74.0 Å². The molecule has 4 nitrogen and oxygen atoms in total. The molecule has 1 N–H and O–H groups in total. The molecule has 3 saturated heterocycles. The second kappa shape index (κ2) is 9.63. The van der Waals surface area contributed by atoms with Crippen LogP contribution in [0.5, 0.6) is 0 Å². The molecule has 0 saturated carbocycles. The lowest BCUT2D eigenvalue weighted by atomic mass is 9.76. The monoisotopic (exact) mass is 462 g/mol. The Kier molecular flexibility index (Phi) is 6.83. The summed E-state index contributed by atoms with van der Waals surface area (Å²) in [6.07, 6.45) is -3.22. The number of alkyl halides is 3. The number of carbonyl (C=O) groups is 2. The van der Waals surface area contributed by atoms with Crippen molar-refractivity contribution < 1.29 is 27.2 Å². The number of ketones is 1. The standard InChI is InChI=1S/C25H26F4N2O2/c26-20-7-5-17(6-8-20)24(33)21-4-2-1-3-18(21)14-23(32)30-22(25(27,28)29)13-19-15-31-11-9-16(19)10-12-31/h1-8,16,19,22H,9-15H2,(H,30,32)/t19-,22?/m1/s1. The first kappa shape index (κ1) is 23.4. The van der Waals surface area contributed by atoms with Crippen molar-refractivity contribution in [2.45, 2.75) is 37.9 Å². The van der Waals surface area contributed by atoms with Gasteiger partial charge >= 0.3 is 6.18 Å². The Hall–Kier alpha value is -2.74. The van der Waals surface area contributed by atoms with Crippen LogP contribution in [-0.4, -0.2) is 48.4 Å². The zero-order chi connectivity index (χ0) is 23.6. The first-order valence-electron chi connectivity index (χ1n) is 11.2. The average Bonchev–Trinajstić information content (AvgIpc) is 2.79. The van der Waals surface area contributed by atoms with Crippen LogP contribution in [0, 0.1) is 17.7 Å². The number of fused-ring (bicyclic) bond motifs is 3. The molecule has 0 radical (unpaired) electrons. The second-order valence-electron chi connectivity index (χ2n) is 8.97. The van der Waals surface area contributed by atoms with E-state index in [1.165, 1.54) is 18.2 Å². The van der Waals surface area contributed by atoms with Crippen molar-refractivity contribution in [1.82, 2.24) is 10.2 Å². The number of rotatable bonds is 7. The van der Waals surface area contributed by atoms with Crippen LogP contribution < -0.4 is 5.32 Å². The maximum absolute atomic E-state index is 13.8. The van der Waals surface area contributed by atoms with E-state index in [1.54, 1.807) is 18.2 Å². The summed E-state index contributed by atoms with van der Waals surface area (Å²) in [6, 6.07) is 9.37. The molecule has 5 rings (SSSR count). The molecule has 2 atom stereocenters. The minimum atomic E-state index is -4.55. The van der Waals surface area contributed by atoms with Gasteiger partial charge in [-0.1, -0.05) is 24.3 Å². The van der Waals surface area contributed by atoms with E-state index in [9.17, 15) is 27.2 Å². The maximum Gasteiger partial charge on any atom is 0.408 e. The van der Waals surface area contributed by atoms with Crippen molar-refractivity contribution in [1.29, 1.82) is 0 Å². The van der Waals surface area contributed by atoms with E-state index in [0.717, 1.165) is 38.1 Å². The fraction of sp³-hybridized carbons (Fsp3) is 0.440. The minimum Gasteiger partial charge on any atom is -0.344 e. The number of nitrogens with zero attached hydrogens (tertiary/aromatic N) is 1. The molecule has 2 aromatic carbocycles. The summed E-state index contributed by atoms with van der Waals surface area (Å²) in [5, 5.41) is 2.18. The Balaban J connectivity index is 1.46. The number of carbonyl (C=O) groups excluding carboxylic acids is 2. The number of amides is 1. The van der Waals surface area contributed by atoms with E-state index in [0.29, 0.717) is 12.1 Å². The smallest absolute Gasteiger partial charge is 0.344 e. The molecule has 33 heavy (non-hydrogen) atoms. The number of piperidine rings is 3. The average molecular weight is 462 g/mol. The first-order chi connectivity index (χ1) is 15.7. The number of benzene rings is 2. The molecule has 3 aliphatic heterocycles. The molecule has 3 heterocycles. The normalized spacial score (nSPS) is 23.2. The third kappa shape index (κ3) is 5.61. The Bertz CT molecular complexity index is 998. The van der Waals surface area contributed by atoms with Gasteiger partial charge in [0.2, 0.25) is 5.91 Å². The fourth-order valence-corrected chi connectivity index (χ4v) is 5.00. The van der Waals surface area contributed by atoms with Crippen LogP contribution in [0.2, 0.25) is 0 Å². The zero-order valence-electron chi connectivity index (χ0n) is 18.1. The summed E-state index contributed by atoms with van der Waals surface area (Å²) in [5.74, 6) is -1.51. The van der Waals surface area contributed by atoms with E-state index in [1.807, 2.05) is 0 Å². The van der Waals surface area contributed by atoms with Gasteiger partial charge in [-0.2, -0.15) is 13.2 Å². The first-order valence-corrected chi connectivity index (χ1v) is 11.2. The van der Waals surface area contributed by atoms with Crippen LogP contribution in [0.3, 0.4) is 0 Å². The summed E-state index contributed by atoms with van der Waals surface area (Å²) in [6.45, 7) is 2.51. The third-order valence-corrected chi connectivity index (χ3v) is 6.78. The van der Waals surface area contributed by atoms with Crippen LogP contribution >= 0.6 is 0 Å². The third-order valence-electron chi connectivity index (χ3n) is 6.78. The number of nitrogens with one attached hydrogen (secondary N) is 1. The van der Waals surface area contributed by atoms with Gasteiger partial charge in [-0.15, -0.1) is 0 Å². The van der Waals surface area contributed by atoms with Gasteiger partial charge in [0.25, 0.3) is 0 Å². The lowest BCUT2D eigenvalue weighted by Gasteiger charge is -2.46. The SMILES string of the molecule is O=C(Cc1ccccc1C(=O)c1ccc(F)cc1)NC(C[C@@H]1CN2CCC1CC2)C(F)(F)F. The zero-order valence-corrected chi connectivity index (χ0v) is 18.1. The van der Waals surface area contributed by atoms with Crippen LogP contribution in [-0.2, 0) is 11.2 Å². The van der Waals surface area contributed by atoms with Crippen molar-refractivity contribution >= 4 is 11.7 Å². The van der Waals surface area contributed by atoms with Gasteiger partial charge in [0.1, 0.15) is 11.9 Å². The number of hydrogen-bond acceptors (Lipinski definition) is 3. The maximum atomic E-state index is 13.8. The predicted octanol–water partition coefficient (Wildman–Crippen LogP) is 4.38. The molecule has 1 unspecified atom stereocenters.